The minimum absolute atomic E-state index is 0.0452. The van der Waals surface area contributed by atoms with E-state index in [0.717, 1.165) is 42.1 Å². The second-order valence-electron chi connectivity index (χ2n) is 8.93. The van der Waals surface area contributed by atoms with E-state index in [1.165, 1.54) is 56.9 Å². The van der Waals surface area contributed by atoms with Crippen LogP contribution in [0.1, 0.15) is 69.4 Å². The van der Waals surface area contributed by atoms with Crippen LogP contribution < -0.4 is 4.74 Å². The Hall–Kier alpha value is -1.05. The highest BCUT2D eigenvalue weighted by atomic mass is 19.1. The zero-order chi connectivity index (χ0) is 17.4. The van der Waals surface area contributed by atoms with Crippen LogP contribution in [-0.4, -0.2) is 7.11 Å². The molecule has 1 aromatic rings. The number of methoxy groups -OCH3 is 1. The molecule has 1 aromatic carbocycles. The van der Waals surface area contributed by atoms with Crippen molar-refractivity contribution in [2.45, 2.75) is 71.1 Å². The second-order valence-corrected chi connectivity index (χ2v) is 8.93. The Kier molecular flexibility index (Phi) is 5.06. The van der Waals surface area contributed by atoms with Crippen molar-refractivity contribution in [2.75, 3.05) is 7.11 Å². The van der Waals surface area contributed by atoms with Crippen molar-refractivity contribution in [1.29, 1.82) is 0 Å². The van der Waals surface area contributed by atoms with Crippen LogP contribution in [0.5, 0.6) is 5.75 Å². The molecule has 0 aromatic heterocycles. The van der Waals surface area contributed by atoms with E-state index >= 15 is 0 Å². The number of benzene rings is 1. The molecule has 0 N–H and O–H groups in total. The van der Waals surface area contributed by atoms with Crippen LogP contribution in [0.25, 0.3) is 0 Å². The molecule has 2 heteroatoms. The molecule has 0 bridgehead atoms. The number of aryl methyl sites for hydroxylation is 1. The molecule has 138 valence electrons. The zero-order valence-corrected chi connectivity index (χ0v) is 15.9. The Balaban J connectivity index is 1.43. The molecule has 0 amide bonds. The van der Waals surface area contributed by atoms with Gasteiger partial charge in [-0.05, 0) is 98.1 Å². The molecule has 0 spiro atoms. The normalized spacial score (nSPS) is 34.9. The molecule has 3 aliphatic rings. The van der Waals surface area contributed by atoms with Crippen LogP contribution in [0.3, 0.4) is 0 Å². The van der Waals surface area contributed by atoms with Gasteiger partial charge in [-0.2, -0.15) is 0 Å². The van der Waals surface area contributed by atoms with Gasteiger partial charge in [-0.25, -0.2) is 4.39 Å². The summed E-state index contributed by atoms with van der Waals surface area (Å²) in [7, 11) is 1.62. The molecular weight excluding hydrogens is 311 g/mol. The summed E-state index contributed by atoms with van der Waals surface area (Å²) in [4.78, 5) is 0. The van der Waals surface area contributed by atoms with Gasteiger partial charge in [0.15, 0.2) is 0 Å². The SMILES string of the molecule is CCC1CCC2CC(C3CCc4cc(OC)cc(F)c4C3)CCC2C1. The molecule has 5 atom stereocenters. The number of hydrogen-bond acceptors (Lipinski definition) is 1. The lowest BCUT2D eigenvalue weighted by atomic mass is 9.61. The van der Waals surface area contributed by atoms with Crippen molar-refractivity contribution >= 4 is 0 Å². The van der Waals surface area contributed by atoms with Gasteiger partial charge >= 0.3 is 0 Å². The monoisotopic (exact) mass is 344 g/mol. The van der Waals surface area contributed by atoms with E-state index in [-0.39, 0.29) is 5.82 Å². The highest BCUT2D eigenvalue weighted by molar-refractivity contribution is 5.38. The van der Waals surface area contributed by atoms with Crippen LogP contribution in [0, 0.1) is 35.4 Å². The fourth-order valence-electron chi connectivity index (χ4n) is 6.16. The van der Waals surface area contributed by atoms with Gasteiger partial charge in [-0.1, -0.05) is 19.8 Å². The molecule has 5 unspecified atom stereocenters. The predicted octanol–water partition coefficient (Wildman–Crippen LogP) is 6.18. The number of ether oxygens (including phenoxy) is 1. The number of fused-ring (bicyclic) bond motifs is 2. The highest BCUT2D eigenvalue weighted by Gasteiger charge is 2.38. The summed E-state index contributed by atoms with van der Waals surface area (Å²) < 4.78 is 19.8. The van der Waals surface area contributed by atoms with E-state index in [2.05, 4.69) is 13.0 Å². The van der Waals surface area contributed by atoms with E-state index < -0.39 is 0 Å². The van der Waals surface area contributed by atoms with Crippen molar-refractivity contribution in [1.82, 2.24) is 0 Å². The summed E-state index contributed by atoms with van der Waals surface area (Å²) in [5.74, 6) is 5.09. The lowest BCUT2D eigenvalue weighted by molar-refractivity contribution is 0.0705. The molecule has 1 nitrogen and oxygen atoms in total. The van der Waals surface area contributed by atoms with Gasteiger partial charge in [-0.3, -0.25) is 0 Å². The van der Waals surface area contributed by atoms with Crippen molar-refractivity contribution in [2.24, 2.45) is 29.6 Å². The molecule has 0 saturated heterocycles. The third kappa shape index (κ3) is 3.46. The van der Waals surface area contributed by atoms with Gasteiger partial charge in [0, 0.05) is 6.07 Å². The Morgan fingerprint density at radius 3 is 2.44 bits per heavy atom. The maximum atomic E-state index is 14.5. The van der Waals surface area contributed by atoms with Gasteiger partial charge in [0.25, 0.3) is 0 Å². The zero-order valence-electron chi connectivity index (χ0n) is 15.9. The molecule has 2 fully saturated rings. The van der Waals surface area contributed by atoms with Gasteiger partial charge in [0.2, 0.25) is 0 Å². The summed E-state index contributed by atoms with van der Waals surface area (Å²) in [5, 5.41) is 0. The Labute approximate surface area is 152 Å². The predicted molar refractivity (Wildman–Crippen MR) is 100 cm³/mol. The van der Waals surface area contributed by atoms with Crippen molar-refractivity contribution in [3.63, 3.8) is 0 Å². The first-order chi connectivity index (χ1) is 12.2. The summed E-state index contributed by atoms with van der Waals surface area (Å²) in [6.07, 6.45) is 13.2. The molecule has 0 radical (unpaired) electrons. The standard InChI is InChI=1S/C23H33FO/c1-3-15-4-5-17-11-18(7-6-16(17)10-15)19-8-9-20-12-21(25-2)14-23(24)22(20)13-19/h12,14-19H,3-11,13H2,1-2H3. The van der Waals surface area contributed by atoms with Gasteiger partial charge in [-0.15, -0.1) is 0 Å². The summed E-state index contributed by atoms with van der Waals surface area (Å²) in [6.45, 7) is 2.36. The summed E-state index contributed by atoms with van der Waals surface area (Å²) >= 11 is 0. The van der Waals surface area contributed by atoms with E-state index in [1.54, 1.807) is 13.2 Å². The first-order valence-electron chi connectivity index (χ1n) is 10.5. The molecule has 3 aliphatic carbocycles. The first-order valence-corrected chi connectivity index (χ1v) is 10.5. The lowest BCUT2D eigenvalue weighted by Gasteiger charge is -2.45. The molecule has 2 saturated carbocycles. The maximum absolute atomic E-state index is 14.5. The smallest absolute Gasteiger partial charge is 0.130 e. The third-order valence-electron chi connectivity index (χ3n) is 7.75. The quantitative estimate of drug-likeness (QED) is 0.636. The van der Waals surface area contributed by atoms with Gasteiger partial charge in [0.1, 0.15) is 11.6 Å². The van der Waals surface area contributed by atoms with Crippen LogP contribution in [0.2, 0.25) is 0 Å². The topological polar surface area (TPSA) is 9.23 Å². The van der Waals surface area contributed by atoms with E-state index in [1.807, 2.05) is 0 Å². The van der Waals surface area contributed by atoms with Crippen molar-refractivity contribution < 1.29 is 9.13 Å². The molecule has 25 heavy (non-hydrogen) atoms. The first kappa shape index (κ1) is 17.4. The van der Waals surface area contributed by atoms with E-state index in [9.17, 15) is 4.39 Å². The average molecular weight is 345 g/mol. The van der Waals surface area contributed by atoms with Crippen molar-refractivity contribution in [3.05, 3.63) is 29.1 Å². The minimum atomic E-state index is -0.0452. The lowest BCUT2D eigenvalue weighted by Crippen LogP contribution is -2.35. The van der Waals surface area contributed by atoms with E-state index in [4.69, 9.17) is 4.74 Å². The molecule has 0 aliphatic heterocycles. The number of halogens is 1. The average Bonchev–Trinajstić information content (AvgIpc) is 2.66. The van der Waals surface area contributed by atoms with E-state index in [0.29, 0.717) is 11.7 Å². The fourth-order valence-corrected chi connectivity index (χ4v) is 6.16. The third-order valence-corrected chi connectivity index (χ3v) is 7.75. The minimum Gasteiger partial charge on any atom is -0.497 e. The molecular formula is C23H33FO. The fraction of sp³-hybridized carbons (Fsp3) is 0.739. The molecule has 4 rings (SSSR count). The van der Waals surface area contributed by atoms with Gasteiger partial charge in [0.05, 0.1) is 7.11 Å². The second kappa shape index (κ2) is 7.29. The van der Waals surface area contributed by atoms with Crippen LogP contribution in [0.4, 0.5) is 4.39 Å². The van der Waals surface area contributed by atoms with Crippen LogP contribution in [0.15, 0.2) is 12.1 Å². The highest BCUT2D eigenvalue weighted by Crippen LogP contribution is 2.49. The number of rotatable bonds is 3. The number of hydrogen-bond donors (Lipinski definition) is 0. The van der Waals surface area contributed by atoms with Crippen molar-refractivity contribution in [3.8, 4) is 5.75 Å². The maximum Gasteiger partial charge on any atom is 0.130 e. The van der Waals surface area contributed by atoms with Crippen LogP contribution >= 0.6 is 0 Å². The molecule has 0 heterocycles. The summed E-state index contributed by atoms with van der Waals surface area (Å²) in [5.41, 5.74) is 2.17. The largest absolute Gasteiger partial charge is 0.497 e. The van der Waals surface area contributed by atoms with Crippen LogP contribution in [-0.2, 0) is 12.8 Å². The Bertz CT molecular complexity index is 610. The van der Waals surface area contributed by atoms with Gasteiger partial charge < -0.3 is 4.74 Å². The summed E-state index contributed by atoms with van der Waals surface area (Å²) in [6, 6.07) is 3.63. The Morgan fingerprint density at radius 2 is 1.68 bits per heavy atom. The Morgan fingerprint density at radius 1 is 0.960 bits per heavy atom.